The van der Waals surface area contributed by atoms with Crippen LogP contribution in [0.1, 0.15) is 42.7 Å². The van der Waals surface area contributed by atoms with E-state index in [2.05, 4.69) is 0 Å². The number of ether oxygens (including phenoxy) is 1. The summed E-state index contributed by atoms with van der Waals surface area (Å²) < 4.78 is 5.89. The Balaban J connectivity index is 1.51. The van der Waals surface area contributed by atoms with Gasteiger partial charge in [-0.2, -0.15) is 0 Å². The fourth-order valence-electron chi connectivity index (χ4n) is 4.82. The van der Waals surface area contributed by atoms with Gasteiger partial charge < -0.3 is 4.74 Å². The molecule has 1 aliphatic heterocycles. The van der Waals surface area contributed by atoms with Crippen LogP contribution in [0.3, 0.4) is 0 Å². The molecular formula is C28H25NO3. The second-order valence-electron chi connectivity index (χ2n) is 8.39. The highest BCUT2D eigenvalue weighted by Crippen LogP contribution is 2.44. The molecule has 4 heteroatoms. The van der Waals surface area contributed by atoms with Crippen LogP contribution in [0, 0.1) is 6.92 Å². The molecule has 5 rings (SSSR count). The van der Waals surface area contributed by atoms with Gasteiger partial charge in [0, 0.05) is 35.7 Å². The molecule has 160 valence electrons. The van der Waals surface area contributed by atoms with Gasteiger partial charge in [-0.15, -0.1) is 0 Å². The van der Waals surface area contributed by atoms with Gasteiger partial charge in [0.05, 0.1) is 0 Å². The highest BCUT2D eigenvalue weighted by molar-refractivity contribution is 6.07. The van der Waals surface area contributed by atoms with Crippen LogP contribution in [0.4, 0.5) is 5.69 Å². The number of hydrogen-bond acceptors (Lipinski definition) is 3. The normalized spacial score (nSPS) is 18.5. The topological polar surface area (TPSA) is 46.6 Å². The van der Waals surface area contributed by atoms with Crippen molar-refractivity contribution in [3.05, 3.63) is 101 Å². The third-order valence-corrected chi connectivity index (χ3v) is 6.31. The smallest absolute Gasteiger partial charge is 0.232 e. The fourth-order valence-corrected chi connectivity index (χ4v) is 4.82. The number of carbonyl (C=O) groups is 2. The number of nitrogens with zero attached hydrogens (tertiary/aromatic N) is 1. The molecule has 1 amide bonds. The van der Waals surface area contributed by atoms with Crippen molar-refractivity contribution in [1.82, 2.24) is 0 Å². The Morgan fingerprint density at radius 1 is 0.812 bits per heavy atom. The van der Waals surface area contributed by atoms with E-state index in [9.17, 15) is 9.59 Å². The fraction of sp³-hybridized carbons (Fsp3) is 0.214. The van der Waals surface area contributed by atoms with Crippen molar-refractivity contribution in [1.29, 1.82) is 0 Å². The van der Waals surface area contributed by atoms with Crippen molar-refractivity contribution in [2.24, 2.45) is 0 Å². The molecule has 0 saturated heterocycles. The van der Waals surface area contributed by atoms with E-state index in [4.69, 9.17) is 4.74 Å². The zero-order valence-corrected chi connectivity index (χ0v) is 18.1. The minimum absolute atomic E-state index is 0.0310. The van der Waals surface area contributed by atoms with Crippen LogP contribution in [0.25, 0.3) is 0 Å². The van der Waals surface area contributed by atoms with Crippen LogP contribution in [0.5, 0.6) is 11.5 Å². The Morgan fingerprint density at radius 2 is 1.50 bits per heavy atom. The molecule has 0 spiro atoms. The number of ketones is 1. The molecule has 0 N–H and O–H groups in total. The quantitative estimate of drug-likeness (QED) is 0.494. The van der Waals surface area contributed by atoms with Gasteiger partial charge in [0.25, 0.3) is 0 Å². The summed E-state index contributed by atoms with van der Waals surface area (Å²) in [6.45, 7) is 2.05. The lowest BCUT2D eigenvalue weighted by Crippen LogP contribution is -2.40. The number of rotatable bonds is 4. The minimum atomic E-state index is -0.163. The molecule has 1 unspecified atom stereocenters. The molecule has 1 heterocycles. The number of amides is 1. The summed E-state index contributed by atoms with van der Waals surface area (Å²) in [5.41, 5.74) is 4.65. The summed E-state index contributed by atoms with van der Waals surface area (Å²) in [7, 11) is 0. The highest BCUT2D eigenvalue weighted by atomic mass is 16.5. The molecular weight excluding hydrogens is 398 g/mol. The van der Waals surface area contributed by atoms with Gasteiger partial charge in [-0.3, -0.25) is 14.5 Å². The Labute approximate surface area is 188 Å². The zero-order chi connectivity index (χ0) is 22.1. The van der Waals surface area contributed by atoms with E-state index < -0.39 is 0 Å². The first kappa shape index (κ1) is 20.3. The van der Waals surface area contributed by atoms with Gasteiger partial charge in [0.1, 0.15) is 11.5 Å². The molecule has 3 aromatic carbocycles. The summed E-state index contributed by atoms with van der Waals surface area (Å²) in [6, 6.07) is 25.2. The molecule has 3 aromatic rings. The largest absolute Gasteiger partial charge is 0.457 e. The van der Waals surface area contributed by atoms with Crippen LogP contribution in [0.2, 0.25) is 0 Å². The highest BCUT2D eigenvalue weighted by Gasteiger charge is 2.40. The van der Waals surface area contributed by atoms with Crippen LogP contribution in [-0.4, -0.2) is 11.7 Å². The van der Waals surface area contributed by atoms with Crippen LogP contribution >= 0.6 is 0 Å². The number of carbonyl (C=O) groups excluding carboxylic acids is 2. The number of benzene rings is 3. The van der Waals surface area contributed by atoms with E-state index in [0.29, 0.717) is 18.6 Å². The Morgan fingerprint density at radius 3 is 2.25 bits per heavy atom. The van der Waals surface area contributed by atoms with E-state index >= 15 is 0 Å². The molecule has 0 aromatic heterocycles. The molecule has 4 nitrogen and oxygen atoms in total. The lowest BCUT2D eigenvalue weighted by atomic mass is 9.76. The summed E-state index contributed by atoms with van der Waals surface area (Å²) in [5, 5.41) is 0. The minimum Gasteiger partial charge on any atom is -0.457 e. The van der Waals surface area contributed by atoms with Crippen molar-refractivity contribution in [2.45, 2.75) is 38.5 Å². The summed E-state index contributed by atoms with van der Waals surface area (Å²) >= 11 is 0. The Kier molecular flexibility index (Phi) is 5.36. The van der Waals surface area contributed by atoms with Crippen LogP contribution < -0.4 is 9.64 Å². The summed E-state index contributed by atoms with van der Waals surface area (Å²) in [5.74, 6) is 1.50. The first-order valence-corrected chi connectivity index (χ1v) is 11.1. The third kappa shape index (κ3) is 3.73. The molecule has 1 atom stereocenters. The van der Waals surface area contributed by atoms with Crippen LogP contribution in [0.15, 0.2) is 90.1 Å². The van der Waals surface area contributed by atoms with Gasteiger partial charge in [0.2, 0.25) is 5.91 Å². The van der Waals surface area contributed by atoms with Crippen molar-refractivity contribution in [3.63, 3.8) is 0 Å². The van der Waals surface area contributed by atoms with E-state index in [1.54, 1.807) is 4.90 Å². The number of para-hydroxylation sites is 1. The summed E-state index contributed by atoms with van der Waals surface area (Å²) in [4.78, 5) is 28.2. The maximum Gasteiger partial charge on any atom is 0.232 e. The number of allylic oxidation sites excluding steroid dienone is 2. The van der Waals surface area contributed by atoms with Gasteiger partial charge in [-0.1, -0.05) is 42.5 Å². The summed E-state index contributed by atoms with van der Waals surface area (Å²) in [6.07, 6.45) is 2.36. The third-order valence-electron chi connectivity index (χ3n) is 6.31. The maximum atomic E-state index is 13.4. The molecule has 0 radical (unpaired) electrons. The van der Waals surface area contributed by atoms with Crippen LogP contribution in [-0.2, 0) is 9.59 Å². The van der Waals surface area contributed by atoms with Crippen molar-refractivity contribution in [3.8, 4) is 11.5 Å². The zero-order valence-electron chi connectivity index (χ0n) is 18.1. The van der Waals surface area contributed by atoms with E-state index in [1.807, 2.05) is 85.8 Å². The maximum absolute atomic E-state index is 13.4. The van der Waals surface area contributed by atoms with E-state index in [1.165, 1.54) is 0 Å². The molecule has 2 aliphatic rings. The molecule has 32 heavy (non-hydrogen) atoms. The van der Waals surface area contributed by atoms with Gasteiger partial charge in [-0.05, 0) is 67.3 Å². The number of aryl methyl sites for hydroxylation is 1. The second kappa shape index (κ2) is 8.46. The molecule has 1 aliphatic carbocycles. The van der Waals surface area contributed by atoms with Gasteiger partial charge in [-0.25, -0.2) is 0 Å². The van der Waals surface area contributed by atoms with Crippen molar-refractivity contribution in [2.75, 3.05) is 4.90 Å². The predicted octanol–water partition coefficient (Wildman–Crippen LogP) is 6.31. The van der Waals surface area contributed by atoms with Crippen molar-refractivity contribution < 1.29 is 14.3 Å². The first-order chi connectivity index (χ1) is 15.6. The standard InChI is InChI=1S/C28H25NO3/c1-19-8-5-6-11-23(19)24-18-27(31)29(25-12-7-13-26(30)28(24)25)20-14-16-22(17-15-20)32-21-9-3-2-4-10-21/h2-6,8-11,14-17,24H,7,12-13,18H2,1H3. The SMILES string of the molecule is Cc1ccccc1C1CC(=O)N(c2ccc(Oc3ccccc3)cc2)C2=C1C(=O)CCC2. The average Bonchev–Trinajstić information content (AvgIpc) is 2.80. The number of anilines is 1. The predicted molar refractivity (Wildman–Crippen MR) is 125 cm³/mol. The second-order valence-corrected chi connectivity index (χ2v) is 8.39. The molecule has 0 bridgehead atoms. The lowest BCUT2D eigenvalue weighted by molar-refractivity contribution is -0.119. The molecule has 0 fully saturated rings. The Bertz CT molecular complexity index is 1190. The monoisotopic (exact) mass is 423 g/mol. The first-order valence-electron chi connectivity index (χ1n) is 11.1. The van der Waals surface area contributed by atoms with E-state index in [-0.39, 0.29) is 17.6 Å². The van der Waals surface area contributed by atoms with Crippen molar-refractivity contribution >= 4 is 17.4 Å². The average molecular weight is 424 g/mol. The Hall–Kier alpha value is -3.66. The van der Waals surface area contributed by atoms with Gasteiger partial charge in [0.15, 0.2) is 5.78 Å². The van der Waals surface area contributed by atoms with Gasteiger partial charge >= 0.3 is 0 Å². The number of Topliss-reactive ketones (excluding diaryl/α,β-unsaturated/α-hetero) is 1. The van der Waals surface area contributed by atoms with E-state index in [0.717, 1.165) is 46.7 Å². The lowest BCUT2D eigenvalue weighted by Gasteiger charge is -2.38. The molecule has 0 saturated carbocycles. The number of hydrogen-bond donors (Lipinski definition) is 0.